The first kappa shape index (κ1) is 23.4. The van der Waals surface area contributed by atoms with E-state index in [1.807, 2.05) is 27.2 Å². The molecule has 0 bridgehead atoms. The molecule has 0 radical (unpaired) electrons. The molecule has 3 amide bonds. The van der Waals surface area contributed by atoms with Crippen LogP contribution in [0.5, 0.6) is 0 Å². The number of carbonyl (C=O) groups is 2. The summed E-state index contributed by atoms with van der Waals surface area (Å²) in [6, 6.07) is 13.3. The lowest BCUT2D eigenvalue weighted by atomic mass is 9.93. The van der Waals surface area contributed by atoms with E-state index in [-0.39, 0.29) is 24.0 Å². The molecule has 1 saturated carbocycles. The summed E-state index contributed by atoms with van der Waals surface area (Å²) >= 11 is 1.82. The van der Waals surface area contributed by atoms with Gasteiger partial charge in [-0.15, -0.1) is 11.3 Å². The van der Waals surface area contributed by atoms with Gasteiger partial charge in [-0.2, -0.15) is 0 Å². The van der Waals surface area contributed by atoms with E-state index in [0.717, 1.165) is 25.8 Å². The van der Waals surface area contributed by atoms with Crippen LogP contribution in [0.15, 0.2) is 41.8 Å². The second kappa shape index (κ2) is 10.5. The van der Waals surface area contributed by atoms with Crippen molar-refractivity contribution in [3.8, 4) is 0 Å². The molecule has 5 rings (SSSR count). The highest BCUT2D eigenvalue weighted by Gasteiger charge is 2.34. The Balaban J connectivity index is 1.21. The van der Waals surface area contributed by atoms with E-state index in [0.29, 0.717) is 32.2 Å². The number of rotatable bonds is 4. The fraction of sp³-hybridized carbons (Fsp3) is 0.556. The SMILES string of the molecule is C[C@H]1CN(C(=O)CN2CCc3sccc3[C@H]2c2ccccc2)CCN1C(=O)NC1CCCCC1. The Kier molecular flexibility index (Phi) is 7.21. The zero-order chi connectivity index (χ0) is 23.5. The zero-order valence-electron chi connectivity index (χ0n) is 20.1. The van der Waals surface area contributed by atoms with Crippen molar-refractivity contribution in [2.24, 2.45) is 0 Å². The molecular weight excluding hydrogens is 444 g/mol. The van der Waals surface area contributed by atoms with Crippen LogP contribution in [0.1, 0.15) is 61.1 Å². The highest BCUT2D eigenvalue weighted by Crippen LogP contribution is 2.37. The summed E-state index contributed by atoms with van der Waals surface area (Å²) in [6.07, 6.45) is 6.85. The van der Waals surface area contributed by atoms with Crippen LogP contribution < -0.4 is 5.32 Å². The minimum Gasteiger partial charge on any atom is -0.338 e. The van der Waals surface area contributed by atoms with Gasteiger partial charge in [0.25, 0.3) is 0 Å². The Bertz CT molecular complexity index is 988. The van der Waals surface area contributed by atoms with Crippen molar-refractivity contribution in [3.63, 3.8) is 0 Å². The summed E-state index contributed by atoms with van der Waals surface area (Å²) in [6.45, 7) is 5.17. The topological polar surface area (TPSA) is 55.9 Å². The van der Waals surface area contributed by atoms with Gasteiger partial charge in [0.05, 0.1) is 12.6 Å². The normalized spacial score (nSPS) is 24.0. The molecular formula is C27H36N4O2S. The molecule has 2 aliphatic heterocycles. The van der Waals surface area contributed by atoms with E-state index in [1.54, 1.807) is 0 Å². The van der Waals surface area contributed by atoms with Crippen LogP contribution in [0.25, 0.3) is 0 Å². The quantitative estimate of drug-likeness (QED) is 0.711. The Morgan fingerprint density at radius 2 is 1.82 bits per heavy atom. The number of benzene rings is 1. The van der Waals surface area contributed by atoms with Crippen LogP contribution in [0, 0.1) is 0 Å². The molecule has 2 atom stereocenters. The molecule has 7 heteroatoms. The van der Waals surface area contributed by atoms with Crippen LogP contribution in [-0.2, 0) is 11.2 Å². The van der Waals surface area contributed by atoms with E-state index in [4.69, 9.17) is 0 Å². The van der Waals surface area contributed by atoms with Gasteiger partial charge in [-0.05, 0) is 48.8 Å². The van der Waals surface area contributed by atoms with Gasteiger partial charge in [-0.1, -0.05) is 49.6 Å². The Morgan fingerprint density at radius 3 is 2.59 bits per heavy atom. The second-order valence-corrected chi connectivity index (χ2v) is 11.0. The third-order valence-electron chi connectivity index (χ3n) is 7.69. The number of carbonyl (C=O) groups excluding carboxylic acids is 2. The number of amides is 3. The molecule has 0 unspecified atom stereocenters. The number of hydrogen-bond acceptors (Lipinski definition) is 4. The standard InChI is InChI=1S/C27H36N4O2S/c1-20-18-29(15-16-31(20)27(33)28-22-10-6-3-7-11-22)25(32)19-30-14-12-24-23(13-17-34-24)26(30)21-8-4-2-5-9-21/h2,4-5,8-9,13,17,20,22,26H,3,6-7,10-12,14-16,18-19H2,1H3,(H,28,33)/t20-,26+/m0/s1. The molecule has 3 heterocycles. The van der Waals surface area contributed by atoms with Gasteiger partial charge < -0.3 is 15.1 Å². The van der Waals surface area contributed by atoms with Crippen molar-refractivity contribution >= 4 is 23.3 Å². The number of fused-ring (bicyclic) bond motifs is 1. The van der Waals surface area contributed by atoms with Gasteiger partial charge in [-0.25, -0.2) is 4.79 Å². The third kappa shape index (κ3) is 5.01. The number of piperazine rings is 1. The van der Waals surface area contributed by atoms with Crippen LogP contribution in [0.2, 0.25) is 0 Å². The van der Waals surface area contributed by atoms with Crippen LogP contribution >= 0.6 is 11.3 Å². The molecule has 6 nitrogen and oxygen atoms in total. The van der Waals surface area contributed by atoms with E-state index < -0.39 is 0 Å². The van der Waals surface area contributed by atoms with Crippen LogP contribution in [0.4, 0.5) is 4.79 Å². The monoisotopic (exact) mass is 480 g/mol. The number of thiophene rings is 1. The van der Waals surface area contributed by atoms with E-state index in [2.05, 4.69) is 52.9 Å². The largest absolute Gasteiger partial charge is 0.338 e. The maximum absolute atomic E-state index is 13.4. The van der Waals surface area contributed by atoms with Crippen molar-refractivity contribution < 1.29 is 9.59 Å². The summed E-state index contributed by atoms with van der Waals surface area (Å²) in [7, 11) is 0. The molecule has 2 aromatic rings. The van der Waals surface area contributed by atoms with Crippen LogP contribution in [0.3, 0.4) is 0 Å². The molecule has 3 aliphatic rings. The van der Waals surface area contributed by atoms with E-state index >= 15 is 0 Å². The first-order valence-corrected chi connectivity index (χ1v) is 13.7. The molecule has 1 aromatic heterocycles. The predicted molar refractivity (Wildman–Crippen MR) is 136 cm³/mol. The Hall–Kier alpha value is -2.38. The fourth-order valence-electron chi connectivity index (χ4n) is 5.83. The number of urea groups is 1. The Labute approximate surface area is 206 Å². The number of nitrogens with zero attached hydrogens (tertiary/aromatic N) is 3. The molecule has 1 N–H and O–H groups in total. The lowest BCUT2D eigenvalue weighted by Gasteiger charge is -2.42. The summed E-state index contributed by atoms with van der Waals surface area (Å²) in [5.41, 5.74) is 2.58. The smallest absolute Gasteiger partial charge is 0.317 e. The summed E-state index contributed by atoms with van der Waals surface area (Å²) in [5, 5.41) is 5.41. The molecule has 1 aromatic carbocycles. The van der Waals surface area contributed by atoms with Crippen molar-refractivity contribution in [1.82, 2.24) is 20.0 Å². The highest BCUT2D eigenvalue weighted by atomic mass is 32.1. The first-order valence-electron chi connectivity index (χ1n) is 12.8. The predicted octanol–water partition coefficient (Wildman–Crippen LogP) is 4.27. The average molecular weight is 481 g/mol. The van der Waals surface area contributed by atoms with E-state index in [9.17, 15) is 9.59 Å². The van der Waals surface area contributed by atoms with Crippen LogP contribution in [-0.4, -0.2) is 71.4 Å². The minimum atomic E-state index is 0.0241. The first-order chi connectivity index (χ1) is 16.6. The molecule has 1 saturated heterocycles. The van der Waals surface area contributed by atoms with Crippen molar-refractivity contribution in [1.29, 1.82) is 0 Å². The second-order valence-electron chi connectivity index (χ2n) is 10.00. The van der Waals surface area contributed by atoms with Gasteiger partial charge in [0.2, 0.25) is 5.91 Å². The maximum atomic E-state index is 13.4. The summed E-state index contributed by atoms with van der Waals surface area (Å²) in [5.74, 6) is 0.166. The highest BCUT2D eigenvalue weighted by molar-refractivity contribution is 7.10. The Morgan fingerprint density at radius 1 is 1.03 bits per heavy atom. The zero-order valence-corrected chi connectivity index (χ0v) is 20.9. The molecule has 1 aliphatic carbocycles. The van der Waals surface area contributed by atoms with Gasteiger partial charge in [-0.3, -0.25) is 9.69 Å². The van der Waals surface area contributed by atoms with Gasteiger partial charge >= 0.3 is 6.03 Å². The van der Waals surface area contributed by atoms with E-state index in [1.165, 1.54) is 35.3 Å². The lowest BCUT2D eigenvalue weighted by molar-refractivity contribution is -0.135. The van der Waals surface area contributed by atoms with Crippen molar-refractivity contribution in [2.75, 3.05) is 32.7 Å². The van der Waals surface area contributed by atoms with Gasteiger partial charge in [0, 0.05) is 43.1 Å². The molecule has 182 valence electrons. The van der Waals surface area contributed by atoms with Crippen molar-refractivity contribution in [3.05, 3.63) is 57.8 Å². The summed E-state index contributed by atoms with van der Waals surface area (Å²) < 4.78 is 0. The minimum absolute atomic E-state index is 0.0241. The lowest BCUT2D eigenvalue weighted by Crippen LogP contribution is -2.59. The maximum Gasteiger partial charge on any atom is 0.317 e. The van der Waals surface area contributed by atoms with Gasteiger partial charge in [0.1, 0.15) is 0 Å². The van der Waals surface area contributed by atoms with Crippen molar-refractivity contribution in [2.45, 2.75) is 63.6 Å². The molecule has 34 heavy (non-hydrogen) atoms. The summed E-state index contributed by atoms with van der Waals surface area (Å²) in [4.78, 5) is 33.9. The molecule has 2 fully saturated rings. The number of nitrogens with one attached hydrogen (secondary N) is 1. The molecule has 0 spiro atoms. The number of hydrogen-bond donors (Lipinski definition) is 1. The van der Waals surface area contributed by atoms with Gasteiger partial charge in [0.15, 0.2) is 0 Å². The fourth-order valence-corrected chi connectivity index (χ4v) is 6.73. The third-order valence-corrected chi connectivity index (χ3v) is 8.69. The average Bonchev–Trinajstić information content (AvgIpc) is 3.34.